The van der Waals surface area contributed by atoms with Gasteiger partial charge >= 0.3 is 0 Å². The molecule has 2 aromatic rings. The van der Waals surface area contributed by atoms with Gasteiger partial charge in [-0.25, -0.2) is 0 Å². The summed E-state index contributed by atoms with van der Waals surface area (Å²) in [6.07, 6.45) is 5.80. The Morgan fingerprint density at radius 2 is 1.82 bits per heavy atom. The Bertz CT molecular complexity index is 793. The van der Waals surface area contributed by atoms with E-state index in [1.165, 1.54) is 26.1 Å². The molecule has 1 aliphatic carbocycles. The Morgan fingerprint density at radius 1 is 1.11 bits per heavy atom. The van der Waals surface area contributed by atoms with Crippen molar-refractivity contribution in [2.24, 2.45) is 24.3 Å². The van der Waals surface area contributed by atoms with Crippen molar-refractivity contribution < 1.29 is 4.74 Å². The number of rotatable bonds is 5. The molecule has 0 radical (unpaired) electrons. The molecule has 0 N–H and O–H groups in total. The van der Waals surface area contributed by atoms with Crippen LogP contribution in [0.1, 0.15) is 45.7 Å². The van der Waals surface area contributed by atoms with Crippen molar-refractivity contribution in [3.05, 3.63) is 24.0 Å². The van der Waals surface area contributed by atoms with Gasteiger partial charge in [-0.15, -0.1) is 10.2 Å². The lowest BCUT2D eigenvalue weighted by Crippen LogP contribution is -2.28. The molecule has 1 saturated heterocycles. The highest BCUT2D eigenvalue weighted by atomic mass is 16.5. The molecule has 2 aliphatic rings. The van der Waals surface area contributed by atoms with Crippen LogP contribution in [-0.4, -0.2) is 50.6 Å². The summed E-state index contributed by atoms with van der Waals surface area (Å²) in [6.45, 7) is 12.7. The van der Waals surface area contributed by atoms with Crippen LogP contribution in [0.25, 0.3) is 11.3 Å². The molecule has 28 heavy (non-hydrogen) atoms. The van der Waals surface area contributed by atoms with E-state index in [4.69, 9.17) is 4.74 Å². The molecule has 1 saturated carbocycles. The van der Waals surface area contributed by atoms with Gasteiger partial charge in [0.15, 0.2) is 0 Å². The molecule has 0 spiro atoms. The molecule has 4 rings (SSSR count). The first-order valence-electron chi connectivity index (χ1n) is 10.5. The number of aromatic nitrogens is 4. The zero-order valence-corrected chi connectivity index (χ0v) is 17.9. The van der Waals surface area contributed by atoms with Crippen molar-refractivity contribution in [2.45, 2.75) is 53.1 Å². The molecule has 0 amide bonds. The van der Waals surface area contributed by atoms with Crippen molar-refractivity contribution in [1.82, 2.24) is 24.9 Å². The number of hydrogen-bond acceptors (Lipinski definition) is 5. The van der Waals surface area contributed by atoms with E-state index in [2.05, 4.69) is 41.0 Å². The second-order valence-corrected chi connectivity index (χ2v) is 9.86. The third-order valence-electron chi connectivity index (χ3n) is 6.18. The summed E-state index contributed by atoms with van der Waals surface area (Å²) in [5.41, 5.74) is 3.25. The number of fused-ring (bicyclic) bond motifs is 1. The van der Waals surface area contributed by atoms with Crippen LogP contribution in [0.15, 0.2) is 18.3 Å². The fourth-order valence-electron chi connectivity index (χ4n) is 4.66. The number of nitrogens with zero attached hydrogens (tertiary/aromatic N) is 5. The zero-order valence-electron chi connectivity index (χ0n) is 17.9. The van der Waals surface area contributed by atoms with E-state index in [1.54, 1.807) is 4.68 Å². The number of hydrogen-bond donors (Lipinski definition) is 0. The van der Waals surface area contributed by atoms with Gasteiger partial charge in [0, 0.05) is 38.0 Å². The van der Waals surface area contributed by atoms with Crippen molar-refractivity contribution in [1.29, 1.82) is 0 Å². The minimum atomic E-state index is 0.278. The Labute approximate surface area is 168 Å². The molecular weight excluding hydrogens is 350 g/mol. The van der Waals surface area contributed by atoms with Crippen molar-refractivity contribution in [3.8, 4) is 17.1 Å². The highest BCUT2D eigenvalue weighted by molar-refractivity contribution is 5.60. The van der Waals surface area contributed by atoms with E-state index in [9.17, 15) is 0 Å². The van der Waals surface area contributed by atoms with Gasteiger partial charge in [-0.1, -0.05) is 20.8 Å². The van der Waals surface area contributed by atoms with Crippen LogP contribution in [0.2, 0.25) is 0 Å². The summed E-state index contributed by atoms with van der Waals surface area (Å²) in [5, 5.41) is 13.0. The smallest absolute Gasteiger partial charge is 0.233 e. The van der Waals surface area contributed by atoms with Gasteiger partial charge in [-0.3, -0.25) is 4.68 Å². The Kier molecular flexibility index (Phi) is 5.17. The molecule has 3 atom stereocenters. The summed E-state index contributed by atoms with van der Waals surface area (Å²) in [5.74, 6) is 2.19. The van der Waals surface area contributed by atoms with E-state index in [-0.39, 0.29) is 6.10 Å². The van der Waals surface area contributed by atoms with E-state index in [0.29, 0.717) is 11.3 Å². The molecule has 2 aromatic heterocycles. The second-order valence-electron chi connectivity index (χ2n) is 9.86. The molecule has 1 aliphatic heterocycles. The highest BCUT2D eigenvalue weighted by Gasteiger charge is 2.41. The van der Waals surface area contributed by atoms with Gasteiger partial charge in [0.05, 0.1) is 11.4 Å². The van der Waals surface area contributed by atoms with E-state index in [0.717, 1.165) is 41.6 Å². The summed E-state index contributed by atoms with van der Waals surface area (Å²) >= 11 is 0. The van der Waals surface area contributed by atoms with Crippen LogP contribution in [0.5, 0.6) is 5.88 Å². The second kappa shape index (κ2) is 7.47. The van der Waals surface area contributed by atoms with Gasteiger partial charge in [-0.05, 0) is 56.0 Å². The van der Waals surface area contributed by atoms with Crippen LogP contribution in [0.3, 0.4) is 0 Å². The molecule has 6 nitrogen and oxygen atoms in total. The first kappa shape index (κ1) is 19.4. The van der Waals surface area contributed by atoms with Gasteiger partial charge in [0.25, 0.3) is 0 Å². The van der Waals surface area contributed by atoms with Gasteiger partial charge in [0.1, 0.15) is 6.10 Å². The molecule has 0 bridgehead atoms. The minimum Gasteiger partial charge on any atom is -0.473 e. The molecular formula is C22H33N5O. The van der Waals surface area contributed by atoms with Crippen molar-refractivity contribution >= 4 is 0 Å². The Balaban J connectivity index is 1.29. The molecule has 3 heterocycles. The third-order valence-corrected chi connectivity index (χ3v) is 6.18. The van der Waals surface area contributed by atoms with Crippen LogP contribution in [-0.2, 0) is 7.05 Å². The van der Waals surface area contributed by atoms with E-state index in [1.807, 2.05) is 32.3 Å². The monoisotopic (exact) mass is 383 g/mol. The quantitative estimate of drug-likeness (QED) is 0.788. The summed E-state index contributed by atoms with van der Waals surface area (Å²) in [7, 11) is 1.92. The molecule has 1 unspecified atom stereocenters. The average molecular weight is 384 g/mol. The zero-order chi connectivity index (χ0) is 19.9. The van der Waals surface area contributed by atoms with E-state index < -0.39 is 0 Å². The Morgan fingerprint density at radius 3 is 2.36 bits per heavy atom. The lowest BCUT2D eigenvalue weighted by atomic mass is 9.92. The maximum atomic E-state index is 6.17. The minimum absolute atomic E-state index is 0.278. The van der Waals surface area contributed by atoms with Crippen LogP contribution in [0.4, 0.5) is 0 Å². The fourth-order valence-corrected chi connectivity index (χ4v) is 4.66. The van der Waals surface area contributed by atoms with Gasteiger partial charge < -0.3 is 9.64 Å². The standard InChI is InChI=1S/C22H33N5O/c1-15-19(14-26(5)25-15)20-6-7-21(24-23-20)28-18-10-16-12-27(13-17(16)11-18)9-8-22(2,3)4/h6-7,14,16-18H,8-13H2,1-5H3/t16-,17+,18?. The summed E-state index contributed by atoms with van der Waals surface area (Å²) < 4.78 is 7.98. The lowest BCUT2D eigenvalue weighted by molar-refractivity contribution is 0.173. The largest absolute Gasteiger partial charge is 0.473 e. The summed E-state index contributed by atoms with van der Waals surface area (Å²) in [4.78, 5) is 2.65. The van der Waals surface area contributed by atoms with Crippen LogP contribution >= 0.6 is 0 Å². The van der Waals surface area contributed by atoms with Crippen molar-refractivity contribution in [3.63, 3.8) is 0 Å². The SMILES string of the molecule is Cc1nn(C)cc1-c1ccc(OC2C[C@@H]3CN(CCC(C)(C)C)C[C@@H]3C2)nn1. The van der Waals surface area contributed by atoms with Crippen LogP contribution < -0.4 is 4.74 Å². The molecule has 2 fully saturated rings. The lowest BCUT2D eigenvalue weighted by Gasteiger charge is -2.24. The topological polar surface area (TPSA) is 56.1 Å². The Hall–Kier alpha value is -1.95. The fraction of sp³-hybridized carbons (Fsp3) is 0.682. The molecule has 6 heteroatoms. The van der Waals surface area contributed by atoms with Gasteiger partial charge in [-0.2, -0.15) is 5.10 Å². The first-order valence-corrected chi connectivity index (χ1v) is 10.5. The predicted molar refractivity (Wildman–Crippen MR) is 110 cm³/mol. The normalized spacial score (nSPS) is 25.2. The van der Waals surface area contributed by atoms with Crippen molar-refractivity contribution in [2.75, 3.05) is 19.6 Å². The van der Waals surface area contributed by atoms with E-state index >= 15 is 0 Å². The number of ether oxygens (including phenoxy) is 1. The number of aryl methyl sites for hydroxylation is 2. The highest BCUT2D eigenvalue weighted by Crippen LogP contribution is 2.40. The first-order chi connectivity index (χ1) is 13.3. The van der Waals surface area contributed by atoms with Crippen LogP contribution in [0, 0.1) is 24.2 Å². The molecule has 152 valence electrons. The summed E-state index contributed by atoms with van der Waals surface area (Å²) in [6, 6.07) is 3.93. The number of likely N-dealkylation sites (tertiary alicyclic amines) is 1. The van der Waals surface area contributed by atoms with Gasteiger partial charge in [0.2, 0.25) is 5.88 Å². The predicted octanol–water partition coefficient (Wildman–Crippen LogP) is 3.71. The molecule has 0 aromatic carbocycles. The third kappa shape index (κ3) is 4.37. The average Bonchev–Trinajstić information content (AvgIpc) is 3.26. The maximum absolute atomic E-state index is 6.17. The maximum Gasteiger partial charge on any atom is 0.233 e.